The van der Waals surface area contributed by atoms with E-state index in [1.54, 1.807) is 12.1 Å². The second-order valence-corrected chi connectivity index (χ2v) is 8.62. The molecule has 0 bridgehead atoms. The van der Waals surface area contributed by atoms with Gasteiger partial charge < -0.3 is 9.47 Å². The predicted molar refractivity (Wildman–Crippen MR) is 113 cm³/mol. The topological polar surface area (TPSA) is 18.5 Å². The molecule has 0 heterocycles. The van der Waals surface area contributed by atoms with Crippen LogP contribution in [0.4, 0.5) is 26.3 Å². The van der Waals surface area contributed by atoms with E-state index in [2.05, 4.69) is 11.7 Å². The zero-order valence-corrected chi connectivity index (χ0v) is 18.4. The van der Waals surface area contributed by atoms with Crippen molar-refractivity contribution in [1.29, 1.82) is 0 Å². The van der Waals surface area contributed by atoms with E-state index in [4.69, 9.17) is 4.74 Å². The molecular weight excluding hydrogens is 446 g/mol. The van der Waals surface area contributed by atoms with Crippen molar-refractivity contribution < 1.29 is 35.8 Å². The average molecular weight is 474 g/mol. The van der Waals surface area contributed by atoms with Gasteiger partial charge in [-0.05, 0) is 61.3 Å². The van der Waals surface area contributed by atoms with Crippen molar-refractivity contribution in [2.45, 2.75) is 82.0 Å². The highest BCUT2D eigenvalue weighted by molar-refractivity contribution is 5.30. The number of rotatable bonds is 9. The van der Waals surface area contributed by atoms with Crippen LogP contribution in [0.1, 0.15) is 62.5 Å². The van der Waals surface area contributed by atoms with Crippen LogP contribution in [-0.2, 0) is 11.3 Å². The van der Waals surface area contributed by atoms with E-state index < -0.39 is 24.2 Å². The molecule has 3 rings (SSSR count). The fraction of sp³-hybridized carbons (Fsp3) is 0.520. The number of alkyl halides is 6. The summed E-state index contributed by atoms with van der Waals surface area (Å²) in [5.41, 5.74) is 1.79. The van der Waals surface area contributed by atoms with Crippen molar-refractivity contribution in [2.75, 3.05) is 0 Å². The lowest BCUT2D eigenvalue weighted by molar-refractivity contribution is -0.304. The summed E-state index contributed by atoms with van der Waals surface area (Å²) in [5, 5.41) is 0. The van der Waals surface area contributed by atoms with Gasteiger partial charge in [0.05, 0.1) is 12.2 Å². The van der Waals surface area contributed by atoms with Crippen molar-refractivity contribution >= 4 is 0 Å². The summed E-state index contributed by atoms with van der Waals surface area (Å²) in [4.78, 5) is 0. The highest BCUT2D eigenvalue weighted by Crippen LogP contribution is 2.43. The predicted octanol–water partition coefficient (Wildman–Crippen LogP) is 7.97. The molecule has 1 aliphatic carbocycles. The summed E-state index contributed by atoms with van der Waals surface area (Å²) in [6.07, 6.45) is -9.79. The van der Waals surface area contributed by atoms with Gasteiger partial charge in [-0.3, -0.25) is 0 Å². The molecule has 182 valence electrons. The number of hydrogen-bond donors (Lipinski definition) is 0. The summed E-state index contributed by atoms with van der Waals surface area (Å²) in [7, 11) is 0. The van der Waals surface area contributed by atoms with E-state index in [0.29, 0.717) is 6.61 Å². The van der Waals surface area contributed by atoms with Gasteiger partial charge in [0.15, 0.2) is 0 Å². The van der Waals surface area contributed by atoms with Crippen LogP contribution in [0.3, 0.4) is 0 Å². The largest absolute Gasteiger partial charge is 0.439 e. The summed E-state index contributed by atoms with van der Waals surface area (Å²) in [5.74, 6) is -0.341. The van der Waals surface area contributed by atoms with Crippen molar-refractivity contribution in [3.8, 4) is 5.75 Å². The molecule has 2 aromatic carbocycles. The van der Waals surface area contributed by atoms with Crippen molar-refractivity contribution in [1.82, 2.24) is 0 Å². The van der Waals surface area contributed by atoms with Gasteiger partial charge in [0, 0.05) is 0 Å². The fourth-order valence-corrected chi connectivity index (χ4v) is 4.42. The zero-order valence-electron chi connectivity index (χ0n) is 18.4. The van der Waals surface area contributed by atoms with Gasteiger partial charge >= 0.3 is 12.3 Å². The van der Waals surface area contributed by atoms with Crippen LogP contribution in [0, 0.1) is 0 Å². The Morgan fingerprint density at radius 1 is 0.939 bits per heavy atom. The minimum absolute atomic E-state index is 0.175. The highest BCUT2D eigenvalue weighted by atomic mass is 19.4. The van der Waals surface area contributed by atoms with Crippen molar-refractivity contribution in [2.24, 2.45) is 0 Å². The van der Waals surface area contributed by atoms with Gasteiger partial charge in [-0.1, -0.05) is 55.8 Å². The highest BCUT2D eigenvalue weighted by Gasteiger charge is 2.59. The summed E-state index contributed by atoms with van der Waals surface area (Å²) < 4.78 is 87.2. The summed E-state index contributed by atoms with van der Waals surface area (Å²) in [6.45, 7) is 2.66. The molecule has 33 heavy (non-hydrogen) atoms. The molecule has 0 aliphatic heterocycles. The Balaban J connectivity index is 1.59. The van der Waals surface area contributed by atoms with E-state index in [1.165, 1.54) is 0 Å². The molecule has 0 N–H and O–H groups in total. The Labute approximate surface area is 189 Å². The minimum atomic E-state index is -5.71. The Morgan fingerprint density at radius 3 is 2.09 bits per heavy atom. The Hall–Kier alpha value is -2.22. The molecule has 0 radical (unpaired) electrons. The van der Waals surface area contributed by atoms with Crippen molar-refractivity contribution in [3.63, 3.8) is 0 Å². The second-order valence-electron chi connectivity index (χ2n) is 8.62. The number of benzene rings is 2. The maximum atomic E-state index is 13.5. The number of hydrogen-bond acceptors (Lipinski definition) is 2. The molecule has 1 aliphatic rings. The zero-order chi connectivity index (χ0) is 24.1. The van der Waals surface area contributed by atoms with E-state index in [1.807, 2.05) is 30.3 Å². The molecule has 1 saturated carbocycles. The monoisotopic (exact) mass is 474 g/mol. The first-order valence-electron chi connectivity index (χ1n) is 11.1. The lowest BCUT2D eigenvalue weighted by atomic mass is 9.74. The molecule has 1 fully saturated rings. The van der Waals surface area contributed by atoms with Crippen LogP contribution < -0.4 is 4.74 Å². The third kappa shape index (κ3) is 6.65. The third-order valence-electron chi connectivity index (χ3n) is 6.18. The van der Waals surface area contributed by atoms with Gasteiger partial charge in [-0.2, -0.15) is 22.0 Å². The minimum Gasteiger partial charge on any atom is -0.430 e. The van der Waals surface area contributed by atoms with Crippen LogP contribution in [0.5, 0.6) is 5.75 Å². The molecule has 1 unspecified atom stereocenters. The Morgan fingerprint density at radius 2 is 1.55 bits per heavy atom. The second kappa shape index (κ2) is 10.4. The van der Waals surface area contributed by atoms with Crippen LogP contribution in [0.2, 0.25) is 0 Å². The maximum absolute atomic E-state index is 13.5. The normalized spacial score (nSPS) is 22.7. The van der Waals surface area contributed by atoms with E-state index in [0.717, 1.165) is 61.8 Å². The third-order valence-corrected chi connectivity index (χ3v) is 6.18. The van der Waals surface area contributed by atoms with Gasteiger partial charge in [0.1, 0.15) is 5.75 Å². The molecular formula is C25H28F6O2. The van der Waals surface area contributed by atoms with Gasteiger partial charge in [-0.15, -0.1) is 0 Å². The molecule has 0 aromatic heterocycles. The van der Waals surface area contributed by atoms with E-state index in [-0.39, 0.29) is 11.5 Å². The molecule has 1 atom stereocenters. The first-order valence-corrected chi connectivity index (χ1v) is 11.1. The molecule has 2 nitrogen and oxygen atoms in total. The van der Waals surface area contributed by atoms with Crippen molar-refractivity contribution in [3.05, 3.63) is 65.7 Å². The quantitative estimate of drug-likeness (QED) is 0.343. The Kier molecular flexibility index (Phi) is 7.98. The van der Waals surface area contributed by atoms with Gasteiger partial charge in [0.25, 0.3) is 6.17 Å². The molecule has 2 aromatic rings. The first-order chi connectivity index (χ1) is 15.5. The SMILES string of the molecule is CCCC1(OCc2ccccc2)CCC(c2ccc(OC(F)(F)C(F)C(F)(F)F)cc2)CC1. The number of halogens is 6. The molecule has 8 heteroatoms. The van der Waals surface area contributed by atoms with E-state index >= 15 is 0 Å². The summed E-state index contributed by atoms with van der Waals surface area (Å²) in [6, 6.07) is 15.4. The lowest BCUT2D eigenvalue weighted by Gasteiger charge is -2.40. The lowest BCUT2D eigenvalue weighted by Crippen LogP contribution is -2.45. The first kappa shape index (κ1) is 25.4. The smallest absolute Gasteiger partial charge is 0.430 e. The summed E-state index contributed by atoms with van der Waals surface area (Å²) >= 11 is 0. The number of ether oxygens (including phenoxy) is 2. The Bertz CT molecular complexity index is 859. The van der Waals surface area contributed by atoms with Crippen LogP contribution in [0.25, 0.3) is 0 Å². The average Bonchev–Trinajstić information content (AvgIpc) is 2.78. The molecule has 0 spiro atoms. The van der Waals surface area contributed by atoms with E-state index in [9.17, 15) is 26.3 Å². The van der Waals surface area contributed by atoms with Crippen LogP contribution in [0.15, 0.2) is 54.6 Å². The van der Waals surface area contributed by atoms with Gasteiger partial charge in [-0.25, -0.2) is 4.39 Å². The maximum Gasteiger partial charge on any atom is 0.439 e. The fourth-order valence-electron chi connectivity index (χ4n) is 4.42. The van der Waals surface area contributed by atoms with Crippen LogP contribution in [-0.4, -0.2) is 24.1 Å². The van der Waals surface area contributed by atoms with Gasteiger partial charge in [0.2, 0.25) is 0 Å². The van der Waals surface area contributed by atoms with Crippen LogP contribution >= 0.6 is 0 Å². The molecule has 0 amide bonds. The molecule has 0 saturated heterocycles. The standard InChI is InChI=1S/C25H28F6O2/c1-2-14-23(32-17-18-6-4-3-5-7-18)15-12-20(13-16-23)19-8-10-21(11-9-19)33-25(30,31)22(26)24(27,28)29/h3-11,20,22H,2,12-17H2,1H3.